The number of aromatic nitrogens is 4. The van der Waals surface area contributed by atoms with E-state index >= 15 is 0 Å². The van der Waals surface area contributed by atoms with E-state index in [9.17, 15) is 0 Å². The summed E-state index contributed by atoms with van der Waals surface area (Å²) < 4.78 is 0. The maximum absolute atomic E-state index is 5.75. The van der Waals surface area contributed by atoms with Crippen molar-refractivity contribution in [2.75, 3.05) is 44.4 Å². The van der Waals surface area contributed by atoms with Crippen LogP contribution in [0.4, 0.5) is 11.8 Å². The Kier molecular flexibility index (Phi) is 2.98. The molecule has 1 fully saturated rings. The number of H-pyrrole nitrogens is 1. The highest BCUT2D eigenvalue weighted by molar-refractivity contribution is 5.87. The summed E-state index contributed by atoms with van der Waals surface area (Å²) in [5.74, 6) is 1.81. The summed E-state index contributed by atoms with van der Waals surface area (Å²) >= 11 is 0. The molecule has 0 bridgehead atoms. The molecule has 102 valence electrons. The molecule has 1 unspecified atom stereocenters. The number of hydrogen-bond acceptors (Lipinski definition) is 6. The topological polar surface area (TPSA) is 87.0 Å². The van der Waals surface area contributed by atoms with Crippen LogP contribution in [0.5, 0.6) is 0 Å². The summed E-state index contributed by atoms with van der Waals surface area (Å²) in [5, 5.41) is 7.77. The highest BCUT2D eigenvalue weighted by Gasteiger charge is 2.22. The van der Waals surface area contributed by atoms with E-state index in [1.165, 1.54) is 13.0 Å². The third-order valence-corrected chi connectivity index (χ3v) is 3.69. The van der Waals surface area contributed by atoms with Crippen molar-refractivity contribution in [1.82, 2.24) is 25.1 Å². The predicted octanol–water partition coefficient (Wildman–Crippen LogP) is 0.323. The lowest BCUT2D eigenvalue weighted by Gasteiger charge is -2.22. The molecule has 3 heterocycles. The van der Waals surface area contributed by atoms with E-state index in [0.717, 1.165) is 24.3 Å². The number of aromatic amines is 1. The lowest BCUT2D eigenvalue weighted by Crippen LogP contribution is -2.28. The first-order valence-corrected chi connectivity index (χ1v) is 6.50. The zero-order chi connectivity index (χ0) is 13.4. The number of nitrogens with zero attached hydrogens (tertiary/aromatic N) is 5. The van der Waals surface area contributed by atoms with E-state index in [4.69, 9.17) is 5.73 Å². The molecule has 7 heteroatoms. The first-order valence-electron chi connectivity index (χ1n) is 6.50. The van der Waals surface area contributed by atoms with Crippen LogP contribution >= 0.6 is 0 Å². The molecule has 2 aromatic heterocycles. The minimum atomic E-state index is 0.280. The molecule has 3 N–H and O–H groups in total. The Labute approximate surface area is 111 Å². The van der Waals surface area contributed by atoms with E-state index in [1.807, 2.05) is 7.05 Å². The number of fused-ring (bicyclic) bond motifs is 1. The molecule has 1 saturated heterocycles. The Morgan fingerprint density at radius 2 is 2.37 bits per heavy atom. The maximum atomic E-state index is 5.75. The fraction of sp³-hybridized carbons (Fsp3) is 0.583. The second-order valence-corrected chi connectivity index (χ2v) is 5.34. The fourth-order valence-electron chi connectivity index (χ4n) is 2.78. The Bertz CT molecular complexity index is 578. The van der Waals surface area contributed by atoms with Gasteiger partial charge in [0.2, 0.25) is 5.95 Å². The number of likely N-dealkylation sites (tertiary alicyclic amines) is 1. The molecule has 2 aromatic rings. The number of nitrogen functional groups attached to an aromatic ring is 1. The molecule has 0 saturated carbocycles. The molecule has 0 aromatic carbocycles. The Morgan fingerprint density at radius 3 is 3.11 bits per heavy atom. The van der Waals surface area contributed by atoms with Gasteiger partial charge >= 0.3 is 0 Å². The molecule has 0 aliphatic carbocycles. The van der Waals surface area contributed by atoms with Crippen LogP contribution in [0.3, 0.4) is 0 Å². The molecule has 7 nitrogen and oxygen atoms in total. The van der Waals surface area contributed by atoms with Crippen molar-refractivity contribution in [2.24, 2.45) is 5.92 Å². The van der Waals surface area contributed by atoms with Crippen LogP contribution in [0.15, 0.2) is 6.20 Å². The van der Waals surface area contributed by atoms with Crippen LogP contribution in [0.2, 0.25) is 0 Å². The van der Waals surface area contributed by atoms with Crippen molar-refractivity contribution < 1.29 is 0 Å². The fourth-order valence-corrected chi connectivity index (χ4v) is 2.78. The minimum absolute atomic E-state index is 0.280. The smallest absolute Gasteiger partial charge is 0.224 e. The van der Waals surface area contributed by atoms with Crippen LogP contribution < -0.4 is 10.6 Å². The quantitative estimate of drug-likeness (QED) is 0.827. The highest BCUT2D eigenvalue weighted by Crippen LogP contribution is 2.24. The minimum Gasteiger partial charge on any atom is -0.368 e. The van der Waals surface area contributed by atoms with Gasteiger partial charge in [0.25, 0.3) is 0 Å². The van der Waals surface area contributed by atoms with Gasteiger partial charge in [-0.2, -0.15) is 15.1 Å². The Hall–Kier alpha value is -1.89. The van der Waals surface area contributed by atoms with Gasteiger partial charge in [0.05, 0.1) is 11.6 Å². The van der Waals surface area contributed by atoms with E-state index in [-0.39, 0.29) is 5.95 Å². The van der Waals surface area contributed by atoms with E-state index in [1.54, 1.807) is 6.20 Å². The number of hydrogen-bond donors (Lipinski definition) is 2. The molecule has 19 heavy (non-hydrogen) atoms. The number of rotatable bonds is 3. The van der Waals surface area contributed by atoms with Gasteiger partial charge in [-0.15, -0.1) is 0 Å². The van der Waals surface area contributed by atoms with Crippen LogP contribution in [0.1, 0.15) is 6.42 Å². The molecule has 0 spiro atoms. The van der Waals surface area contributed by atoms with Gasteiger partial charge in [0.15, 0.2) is 5.65 Å². The zero-order valence-corrected chi connectivity index (χ0v) is 11.3. The average Bonchev–Trinajstić information content (AvgIpc) is 2.96. The zero-order valence-electron chi connectivity index (χ0n) is 11.3. The summed E-state index contributed by atoms with van der Waals surface area (Å²) in [7, 11) is 4.21. The number of nitrogens with one attached hydrogen (secondary N) is 1. The van der Waals surface area contributed by atoms with Gasteiger partial charge in [-0.05, 0) is 25.9 Å². The third kappa shape index (κ3) is 2.33. The molecule has 0 amide bonds. The van der Waals surface area contributed by atoms with Crippen molar-refractivity contribution in [3.8, 4) is 0 Å². The normalized spacial score (nSPS) is 20.2. The molecular formula is C12H19N7. The van der Waals surface area contributed by atoms with Crippen LogP contribution in [0.25, 0.3) is 11.0 Å². The van der Waals surface area contributed by atoms with Crippen LogP contribution in [-0.2, 0) is 0 Å². The number of nitrogens with two attached hydrogens (primary N) is 1. The summed E-state index contributed by atoms with van der Waals surface area (Å²) in [6, 6.07) is 0. The van der Waals surface area contributed by atoms with Crippen molar-refractivity contribution in [3.63, 3.8) is 0 Å². The molecule has 1 aliphatic heterocycles. The lowest BCUT2D eigenvalue weighted by molar-refractivity contribution is 0.396. The van der Waals surface area contributed by atoms with Crippen molar-refractivity contribution in [2.45, 2.75) is 6.42 Å². The maximum Gasteiger partial charge on any atom is 0.224 e. The van der Waals surface area contributed by atoms with Gasteiger partial charge in [-0.25, -0.2) is 0 Å². The van der Waals surface area contributed by atoms with E-state index in [2.05, 4.69) is 37.0 Å². The van der Waals surface area contributed by atoms with Crippen LogP contribution in [-0.4, -0.2) is 58.8 Å². The molecule has 1 aliphatic rings. The first kappa shape index (κ1) is 12.2. The van der Waals surface area contributed by atoms with Gasteiger partial charge in [-0.3, -0.25) is 5.10 Å². The predicted molar refractivity (Wildman–Crippen MR) is 75.0 cm³/mol. The first-order chi connectivity index (χ1) is 9.13. The summed E-state index contributed by atoms with van der Waals surface area (Å²) in [6.07, 6.45) is 2.98. The molecule has 3 rings (SSSR count). The van der Waals surface area contributed by atoms with Gasteiger partial charge in [0, 0.05) is 20.1 Å². The van der Waals surface area contributed by atoms with Crippen molar-refractivity contribution in [3.05, 3.63) is 6.20 Å². The Morgan fingerprint density at radius 1 is 1.53 bits per heavy atom. The monoisotopic (exact) mass is 261 g/mol. The highest BCUT2D eigenvalue weighted by atomic mass is 15.2. The summed E-state index contributed by atoms with van der Waals surface area (Å²) in [4.78, 5) is 13.0. The SMILES string of the molecule is CN1CCC(CN(C)c2nc(N)nc3[nH]ncc23)C1. The lowest BCUT2D eigenvalue weighted by atomic mass is 10.1. The molecular weight excluding hydrogens is 242 g/mol. The second kappa shape index (κ2) is 4.65. The van der Waals surface area contributed by atoms with Gasteiger partial charge < -0.3 is 15.5 Å². The van der Waals surface area contributed by atoms with Crippen molar-refractivity contribution in [1.29, 1.82) is 0 Å². The standard InChI is InChI=1S/C12H19N7/c1-18-4-3-8(6-18)7-19(2)11-9-5-14-17-10(9)15-12(13)16-11/h5,8H,3-4,6-7H2,1-2H3,(H3,13,14,15,16,17). The van der Waals surface area contributed by atoms with E-state index < -0.39 is 0 Å². The largest absolute Gasteiger partial charge is 0.368 e. The Balaban J connectivity index is 1.84. The summed E-state index contributed by atoms with van der Waals surface area (Å²) in [6.45, 7) is 3.28. The van der Waals surface area contributed by atoms with Crippen LogP contribution in [0, 0.1) is 5.92 Å². The number of anilines is 2. The van der Waals surface area contributed by atoms with Gasteiger partial charge in [-0.1, -0.05) is 0 Å². The van der Waals surface area contributed by atoms with E-state index in [0.29, 0.717) is 11.6 Å². The van der Waals surface area contributed by atoms with Gasteiger partial charge in [0.1, 0.15) is 5.82 Å². The van der Waals surface area contributed by atoms with Crippen molar-refractivity contribution >= 4 is 22.8 Å². The molecule has 0 radical (unpaired) electrons. The third-order valence-electron chi connectivity index (χ3n) is 3.69. The average molecular weight is 261 g/mol. The molecule has 1 atom stereocenters. The summed E-state index contributed by atoms with van der Waals surface area (Å²) in [5.41, 5.74) is 6.44. The second-order valence-electron chi connectivity index (χ2n) is 5.34.